The second-order valence-electron chi connectivity index (χ2n) is 8.61. The number of hydrogen-bond acceptors (Lipinski definition) is 4. The van der Waals surface area contributed by atoms with Crippen LogP contribution in [0.2, 0.25) is 5.02 Å². The molecule has 0 unspecified atom stereocenters. The van der Waals surface area contributed by atoms with Gasteiger partial charge < -0.3 is 25.6 Å². The predicted molar refractivity (Wildman–Crippen MR) is 132 cm³/mol. The van der Waals surface area contributed by atoms with Crippen molar-refractivity contribution < 1.29 is 19.1 Å². The normalized spacial score (nSPS) is 14.9. The molecule has 3 rings (SSSR count). The van der Waals surface area contributed by atoms with Crippen molar-refractivity contribution in [2.24, 2.45) is 5.92 Å². The highest BCUT2D eigenvalue weighted by Crippen LogP contribution is 2.23. The Morgan fingerprint density at radius 3 is 2.38 bits per heavy atom. The van der Waals surface area contributed by atoms with E-state index in [4.69, 9.17) is 16.3 Å². The number of piperidine rings is 1. The molecule has 8 nitrogen and oxygen atoms in total. The monoisotopic (exact) mass is 486 g/mol. The van der Waals surface area contributed by atoms with E-state index in [0.29, 0.717) is 48.0 Å². The van der Waals surface area contributed by atoms with Crippen molar-refractivity contribution in [3.05, 3.63) is 59.1 Å². The van der Waals surface area contributed by atoms with Crippen LogP contribution in [0.15, 0.2) is 48.5 Å². The molecule has 1 fully saturated rings. The van der Waals surface area contributed by atoms with Crippen LogP contribution in [0.5, 0.6) is 5.75 Å². The Balaban J connectivity index is 1.65. The number of carbonyl (C=O) groups is 3. The SMILES string of the molecule is COc1cccc(C(=O)N[C@H](C(=O)NC(C)C)C2CCN(C(=O)Nc3cccc(Cl)c3)CC2)c1. The summed E-state index contributed by atoms with van der Waals surface area (Å²) in [7, 11) is 1.53. The molecular weight excluding hydrogens is 456 g/mol. The molecule has 34 heavy (non-hydrogen) atoms. The highest BCUT2D eigenvalue weighted by Gasteiger charge is 2.34. The third-order valence-electron chi connectivity index (χ3n) is 5.71. The van der Waals surface area contributed by atoms with Gasteiger partial charge in [-0.25, -0.2) is 4.79 Å². The number of amides is 4. The topological polar surface area (TPSA) is 99.8 Å². The van der Waals surface area contributed by atoms with Gasteiger partial charge in [-0.3, -0.25) is 9.59 Å². The van der Waals surface area contributed by atoms with Crippen molar-refractivity contribution in [3.63, 3.8) is 0 Å². The molecule has 0 bridgehead atoms. The van der Waals surface area contributed by atoms with Crippen LogP contribution in [0.1, 0.15) is 37.0 Å². The third kappa shape index (κ3) is 6.87. The molecule has 0 aliphatic carbocycles. The van der Waals surface area contributed by atoms with Crippen LogP contribution >= 0.6 is 11.6 Å². The number of carbonyl (C=O) groups excluding carboxylic acids is 3. The molecule has 3 N–H and O–H groups in total. The molecule has 4 amide bonds. The zero-order chi connectivity index (χ0) is 24.7. The van der Waals surface area contributed by atoms with Crippen molar-refractivity contribution >= 4 is 35.1 Å². The van der Waals surface area contributed by atoms with Crippen molar-refractivity contribution in [2.45, 2.75) is 38.8 Å². The fourth-order valence-corrected chi connectivity index (χ4v) is 4.16. The van der Waals surface area contributed by atoms with Gasteiger partial charge in [0.2, 0.25) is 5.91 Å². The smallest absolute Gasteiger partial charge is 0.321 e. The Labute approximate surface area is 205 Å². The number of likely N-dealkylation sites (tertiary alicyclic amines) is 1. The standard InChI is InChI=1S/C25H31ClN4O4/c1-16(2)27-24(32)22(29-23(31)18-6-4-9-21(14-18)34-3)17-10-12-30(13-11-17)25(33)28-20-8-5-7-19(26)15-20/h4-9,14-17,22H,10-13H2,1-3H3,(H,27,32)(H,28,33)(H,29,31)/t22-/m0/s1. The molecule has 0 aromatic heterocycles. The van der Waals surface area contributed by atoms with E-state index in [1.807, 2.05) is 13.8 Å². The molecule has 1 aliphatic heterocycles. The van der Waals surface area contributed by atoms with E-state index in [0.717, 1.165) is 0 Å². The fraction of sp³-hybridized carbons (Fsp3) is 0.400. The van der Waals surface area contributed by atoms with Crippen LogP contribution in [0, 0.1) is 5.92 Å². The second kappa shape index (κ2) is 11.7. The summed E-state index contributed by atoms with van der Waals surface area (Å²) >= 11 is 5.99. The van der Waals surface area contributed by atoms with Gasteiger partial charge in [-0.2, -0.15) is 0 Å². The Morgan fingerprint density at radius 2 is 1.74 bits per heavy atom. The molecule has 2 aromatic carbocycles. The van der Waals surface area contributed by atoms with E-state index in [-0.39, 0.29) is 29.8 Å². The number of anilines is 1. The van der Waals surface area contributed by atoms with E-state index < -0.39 is 6.04 Å². The summed E-state index contributed by atoms with van der Waals surface area (Å²) in [5.74, 6) is -0.115. The average molecular weight is 487 g/mol. The molecule has 182 valence electrons. The summed E-state index contributed by atoms with van der Waals surface area (Å²) in [6, 6.07) is 12.8. The second-order valence-corrected chi connectivity index (χ2v) is 9.05. The molecule has 1 aliphatic rings. The zero-order valence-corrected chi connectivity index (χ0v) is 20.4. The van der Waals surface area contributed by atoms with Gasteiger partial charge in [0.1, 0.15) is 11.8 Å². The number of benzene rings is 2. The number of nitrogens with one attached hydrogen (secondary N) is 3. The number of nitrogens with zero attached hydrogens (tertiary/aromatic N) is 1. The lowest BCUT2D eigenvalue weighted by atomic mass is 9.88. The summed E-state index contributed by atoms with van der Waals surface area (Å²) in [5.41, 5.74) is 1.04. The highest BCUT2D eigenvalue weighted by atomic mass is 35.5. The van der Waals surface area contributed by atoms with E-state index in [1.54, 1.807) is 53.4 Å². The van der Waals surface area contributed by atoms with Gasteiger partial charge in [0, 0.05) is 35.4 Å². The molecule has 0 radical (unpaired) electrons. The van der Waals surface area contributed by atoms with E-state index in [9.17, 15) is 14.4 Å². The number of ether oxygens (including phenoxy) is 1. The maximum absolute atomic E-state index is 13.0. The summed E-state index contributed by atoms with van der Waals surface area (Å²) < 4.78 is 5.20. The Morgan fingerprint density at radius 1 is 1.03 bits per heavy atom. The molecule has 1 saturated heterocycles. The zero-order valence-electron chi connectivity index (χ0n) is 19.6. The van der Waals surface area contributed by atoms with E-state index in [1.165, 1.54) is 7.11 Å². The van der Waals surface area contributed by atoms with Crippen LogP contribution < -0.4 is 20.7 Å². The predicted octanol–water partition coefficient (Wildman–Crippen LogP) is 3.92. The lowest BCUT2D eigenvalue weighted by Gasteiger charge is -2.36. The quantitative estimate of drug-likeness (QED) is 0.552. The van der Waals surface area contributed by atoms with Crippen LogP contribution in [-0.2, 0) is 4.79 Å². The molecule has 2 aromatic rings. The van der Waals surface area contributed by atoms with E-state index in [2.05, 4.69) is 16.0 Å². The Hall–Kier alpha value is -3.26. The van der Waals surface area contributed by atoms with Crippen molar-refractivity contribution in [2.75, 3.05) is 25.5 Å². The Bertz CT molecular complexity index is 1020. The number of halogens is 1. The number of hydrogen-bond donors (Lipinski definition) is 3. The average Bonchev–Trinajstić information content (AvgIpc) is 2.82. The lowest BCUT2D eigenvalue weighted by molar-refractivity contribution is -0.125. The first-order chi connectivity index (χ1) is 16.3. The fourth-order valence-electron chi connectivity index (χ4n) is 3.97. The first kappa shape index (κ1) is 25.4. The minimum atomic E-state index is -0.709. The lowest BCUT2D eigenvalue weighted by Crippen LogP contribution is -2.55. The molecule has 9 heteroatoms. The van der Waals surface area contributed by atoms with Crippen LogP contribution in [0.4, 0.5) is 10.5 Å². The first-order valence-corrected chi connectivity index (χ1v) is 11.7. The van der Waals surface area contributed by atoms with Crippen LogP contribution in [0.25, 0.3) is 0 Å². The van der Waals surface area contributed by atoms with Crippen molar-refractivity contribution in [1.29, 1.82) is 0 Å². The third-order valence-corrected chi connectivity index (χ3v) is 5.94. The number of rotatable bonds is 7. The molecule has 1 atom stereocenters. The summed E-state index contributed by atoms with van der Waals surface area (Å²) in [4.78, 5) is 40.3. The molecule has 1 heterocycles. The largest absolute Gasteiger partial charge is 0.497 e. The van der Waals surface area contributed by atoms with Crippen LogP contribution in [-0.4, -0.2) is 55.0 Å². The molecular formula is C25H31ClN4O4. The van der Waals surface area contributed by atoms with Crippen LogP contribution in [0.3, 0.4) is 0 Å². The maximum atomic E-state index is 13.0. The Kier molecular flexibility index (Phi) is 8.76. The number of methoxy groups -OCH3 is 1. The maximum Gasteiger partial charge on any atom is 0.321 e. The first-order valence-electron chi connectivity index (χ1n) is 11.3. The van der Waals surface area contributed by atoms with Gasteiger partial charge in [-0.05, 0) is 69.0 Å². The van der Waals surface area contributed by atoms with Gasteiger partial charge in [0.25, 0.3) is 5.91 Å². The summed E-state index contributed by atoms with van der Waals surface area (Å²) in [6.45, 7) is 4.69. The summed E-state index contributed by atoms with van der Waals surface area (Å²) in [6.07, 6.45) is 1.16. The minimum absolute atomic E-state index is 0.0627. The van der Waals surface area contributed by atoms with Crippen molar-refractivity contribution in [3.8, 4) is 5.75 Å². The van der Waals surface area contributed by atoms with Gasteiger partial charge in [-0.15, -0.1) is 0 Å². The van der Waals surface area contributed by atoms with Gasteiger partial charge >= 0.3 is 6.03 Å². The molecule has 0 spiro atoms. The van der Waals surface area contributed by atoms with Gasteiger partial charge in [0.05, 0.1) is 7.11 Å². The van der Waals surface area contributed by atoms with Crippen molar-refractivity contribution in [1.82, 2.24) is 15.5 Å². The number of urea groups is 1. The van der Waals surface area contributed by atoms with Gasteiger partial charge in [-0.1, -0.05) is 23.7 Å². The highest BCUT2D eigenvalue weighted by molar-refractivity contribution is 6.30. The van der Waals surface area contributed by atoms with E-state index >= 15 is 0 Å². The summed E-state index contributed by atoms with van der Waals surface area (Å²) in [5, 5.41) is 9.21. The van der Waals surface area contributed by atoms with Gasteiger partial charge in [0.15, 0.2) is 0 Å². The molecule has 0 saturated carbocycles. The minimum Gasteiger partial charge on any atom is -0.497 e.